The molecule has 0 saturated carbocycles. The zero-order chi connectivity index (χ0) is 26.3. The van der Waals surface area contributed by atoms with E-state index in [9.17, 15) is 18.0 Å². The SMILES string of the molecule is Cc1noc(C)c1NC(=O)c1ccc2c(-c3nc(N[C@H]4CC[C@H](C)NC4)ncc3C(F)(F)F)c[nH]c2n1. The summed E-state index contributed by atoms with van der Waals surface area (Å²) in [6.07, 6.45) is -0.684. The van der Waals surface area contributed by atoms with Crippen LogP contribution in [0.15, 0.2) is 29.0 Å². The summed E-state index contributed by atoms with van der Waals surface area (Å²) in [4.78, 5) is 28.1. The van der Waals surface area contributed by atoms with Crippen LogP contribution in [0.25, 0.3) is 22.3 Å². The van der Waals surface area contributed by atoms with Gasteiger partial charge >= 0.3 is 6.18 Å². The van der Waals surface area contributed by atoms with E-state index >= 15 is 0 Å². The summed E-state index contributed by atoms with van der Waals surface area (Å²) in [5.41, 5.74) is 0.234. The largest absolute Gasteiger partial charge is 0.419 e. The number of nitrogens with one attached hydrogen (secondary N) is 4. The van der Waals surface area contributed by atoms with Crippen molar-refractivity contribution in [2.24, 2.45) is 0 Å². The standard InChI is InChI=1S/C24H25F3N8O2/c1-11-4-5-14(8-28-11)31-23-30-10-17(24(25,26)27)20(34-23)16-9-29-21-15(16)6-7-18(32-21)22(36)33-19-12(2)35-37-13(19)3/h6-7,9-11,14,28H,4-5,8H2,1-3H3,(H,29,32)(H,33,36)(H,30,31,34)/t11-,14-/m0/s1. The molecular weight excluding hydrogens is 489 g/mol. The molecule has 194 valence electrons. The van der Waals surface area contributed by atoms with Gasteiger partial charge in [-0.15, -0.1) is 0 Å². The number of aromatic nitrogens is 5. The Bertz CT molecular complexity index is 1430. The van der Waals surface area contributed by atoms with Gasteiger partial charge in [0.2, 0.25) is 5.95 Å². The van der Waals surface area contributed by atoms with E-state index in [2.05, 4.69) is 48.0 Å². The molecule has 4 aromatic rings. The second kappa shape index (κ2) is 9.47. The third-order valence-electron chi connectivity index (χ3n) is 6.39. The lowest BCUT2D eigenvalue weighted by Crippen LogP contribution is -2.43. The zero-order valence-corrected chi connectivity index (χ0v) is 20.3. The number of nitrogens with zero attached hydrogens (tertiary/aromatic N) is 4. The third kappa shape index (κ3) is 4.99. The average Bonchev–Trinajstić information content (AvgIpc) is 3.42. The number of alkyl halides is 3. The van der Waals surface area contributed by atoms with Gasteiger partial charge in [0, 0.05) is 42.0 Å². The number of amides is 1. The molecule has 0 unspecified atom stereocenters. The topological polar surface area (TPSA) is 134 Å². The minimum Gasteiger partial charge on any atom is -0.359 e. The normalized spacial score (nSPS) is 18.2. The van der Waals surface area contributed by atoms with Crippen LogP contribution in [0.4, 0.5) is 24.8 Å². The van der Waals surface area contributed by atoms with Crippen LogP contribution in [-0.4, -0.2) is 49.6 Å². The van der Waals surface area contributed by atoms with E-state index < -0.39 is 17.6 Å². The third-order valence-corrected chi connectivity index (χ3v) is 6.39. The van der Waals surface area contributed by atoms with E-state index in [4.69, 9.17) is 4.52 Å². The van der Waals surface area contributed by atoms with Crippen molar-refractivity contribution in [2.75, 3.05) is 17.2 Å². The van der Waals surface area contributed by atoms with Crippen LogP contribution in [0, 0.1) is 13.8 Å². The second-order valence-corrected chi connectivity index (χ2v) is 9.13. The Labute approximate surface area is 209 Å². The Morgan fingerprint density at radius 3 is 2.68 bits per heavy atom. The molecule has 0 radical (unpaired) electrons. The highest BCUT2D eigenvalue weighted by Crippen LogP contribution is 2.38. The minimum atomic E-state index is -4.67. The molecule has 1 saturated heterocycles. The first-order valence-electron chi connectivity index (χ1n) is 11.8. The molecule has 4 N–H and O–H groups in total. The summed E-state index contributed by atoms with van der Waals surface area (Å²) in [7, 11) is 0. The van der Waals surface area contributed by atoms with Crippen LogP contribution >= 0.6 is 0 Å². The van der Waals surface area contributed by atoms with Crippen LogP contribution in [0.2, 0.25) is 0 Å². The molecule has 10 nitrogen and oxygen atoms in total. The molecule has 5 rings (SSSR count). The van der Waals surface area contributed by atoms with E-state index in [0.29, 0.717) is 35.1 Å². The van der Waals surface area contributed by atoms with E-state index in [1.807, 2.05) is 0 Å². The summed E-state index contributed by atoms with van der Waals surface area (Å²) in [5, 5.41) is 13.4. The van der Waals surface area contributed by atoms with Crippen molar-refractivity contribution in [3.05, 3.63) is 47.2 Å². The number of hydrogen-bond acceptors (Lipinski definition) is 8. The number of aryl methyl sites for hydroxylation is 2. The highest BCUT2D eigenvalue weighted by atomic mass is 19.4. The van der Waals surface area contributed by atoms with Gasteiger partial charge in [0.15, 0.2) is 5.76 Å². The smallest absolute Gasteiger partial charge is 0.359 e. The van der Waals surface area contributed by atoms with Gasteiger partial charge in [-0.3, -0.25) is 4.79 Å². The van der Waals surface area contributed by atoms with Crippen LogP contribution in [-0.2, 0) is 6.18 Å². The lowest BCUT2D eigenvalue weighted by molar-refractivity contribution is -0.137. The number of aromatic amines is 1. The first-order chi connectivity index (χ1) is 17.6. The maximum absolute atomic E-state index is 13.9. The van der Waals surface area contributed by atoms with Crippen molar-refractivity contribution in [1.82, 2.24) is 30.4 Å². The average molecular weight is 515 g/mol. The van der Waals surface area contributed by atoms with E-state index in [0.717, 1.165) is 19.0 Å². The van der Waals surface area contributed by atoms with Gasteiger partial charge in [-0.2, -0.15) is 13.2 Å². The molecule has 0 aromatic carbocycles. The van der Waals surface area contributed by atoms with Gasteiger partial charge in [-0.05, 0) is 45.7 Å². The molecule has 13 heteroatoms. The molecule has 1 aliphatic rings. The Kier molecular flexibility index (Phi) is 6.31. The lowest BCUT2D eigenvalue weighted by Gasteiger charge is -2.28. The maximum Gasteiger partial charge on any atom is 0.419 e. The maximum atomic E-state index is 13.9. The van der Waals surface area contributed by atoms with Gasteiger partial charge in [-0.25, -0.2) is 15.0 Å². The number of H-pyrrole nitrogens is 1. The van der Waals surface area contributed by atoms with Crippen LogP contribution in [0.5, 0.6) is 0 Å². The molecule has 0 spiro atoms. The quantitative estimate of drug-likeness (QED) is 0.307. The minimum absolute atomic E-state index is 0.00388. The fourth-order valence-corrected chi connectivity index (χ4v) is 4.33. The Morgan fingerprint density at radius 1 is 1.19 bits per heavy atom. The molecule has 5 heterocycles. The van der Waals surface area contributed by atoms with Gasteiger partial charge in [0.1, 0.15) is 28.3 Å². The fourth-order valence-electron chi connectivity index (χ4n) is 4.33. The first kappa shape index (κ1) is 24.7. The summed E-state index contributed by atoms with van der Waals surface area (Å²) in [5.74, 6) is 0.0509. The number of carbonyl (C=O) groups is 1. The molecule has 1 amide bonds. The lowest BCUT2D eigenvalue weighted by atomic mass is 10.0. The van der Waals surface area contributed by atoms with E-state index in [1.54, 1.807) is 13.8 Å². The Balaban J connectivity index is 1.47. The van der Waals surface area contributed by atoms with Gasteiger partial charge in [0.05, 0.1) is 5.69 Å². The monoisotopic (exact) mass is 514 g/mol. The van der Waals surface area contributed by atoms with Crippen LogP contribution < -0.4 is 16.0 Å². The van der Waals surface area contributed by atoms with Gasteiger partial charge < -0.3 is 25.5 Å². The predicted molar refractivity (Wildman–Crippen MR) is 130 cm³/mol. The molecule has 1 fully saturated rings. The summed E-state index contributed by atoms with van der Waals surface area (Å²) in [6, 6.07) is 3.37. The number of hydrogen-bond donors (Lipinski definition) is 4. The van der Waals surface area contributed by atoms with Crippen molar-refractivity contribution in [1.29, 1.82) is 0 Å². The Morgan fingerprint density at radius 2 is 2.00 bits per heavy atom. The molecule has 2 atom stereocenters. The number of fused-ring (bicyclic) bond motifs is 1. The molecule has 0 bridgehead atoms. The number of carbonyl (C=O) groups excluding carboxylic acids is 1. The van der Waals surface area contributed by atoms with Crippen molar-refractivity contribution >= 4 is 28.6 Å². The zero-order valence-electron chi connectivity index (χ0n) is 20.3. The van der Waals surface area contributed by atoms with E-state index in [-0.39, 0.29) is 34.6 Å². The Hall–Kier alpha value is -4.00. The number of halogens is 3. The molecule has 0 aliphatic carbocycles. The second-order valence-electron chi connectivity index (χ2n) is 9.13. The summed E-state index contributed by atoms with van der Waals surface area (Å²) >= 11 is 0. The number of pyridine rings is 1. The van der Waals surface area contributed by atoms with Crippen LogP contribution in [0.1, 0.15) is 47.3 Å². The molecule has 4 aromatic heterocycles. The fraction of sp³-hybridized carbons (Fsp3) is 0.375. The predicted octanol–water partition coefficient (Wildman–Crippen LogP) is 4.45. The van der Waals surface area contributed by atoms with E-state index in [1.165, 1.54) is 18.3 Å². The number of rotatable bonds is 5. The van der Waals surface area contributed by atoms with Crippen molar-refractivity contribution in [2.45, 2.75) is 51.9 Å². The highest BCUT2D eigenvalue weighted by molar-refractivity contribution is 6.05. The van der Waals surface area contributed by atoms with Gasteiger partial charge in [-0.1, -0.05) is 5.16 Å². The summed E-state index contributed by atoms with van der Waals surface area (Å²) < 4.78 is 46.7. The van der Waals surface area contributed by atoms with Crippen LogP contribution in [0.3, 0.4) is 0 Å². The molecule has 1 aliphatic heterocycles. The van der Waals surface area contributed by atoms with Crippen molar-refractivity contribution in [3.8, 4) is 11.3 Å². The summed E-state index contributed by atoms with van der Waals surface area (Å²) in [6.45, 7) is 6.10. The number of piperidine rings is 1. The first-order valence-corrected chi connectivity index (χ1v) is 11.8. The molecule has 37 heavy (non-hydrogen) atoms. The van der Waals surface area contributed by atoms with Crippen molar-refractivity contribution < 1.29 is 22.5 Å². The van der Waals surface area contributed by atoms with Crippen molar-refractivity contribution in [3.63, 3.8) is 0 Å². The van der Waals surface area contributed by atoms with Gasteiger partial charge in [0.25, 0.3) is 5.91 Å². The molecular formula is C24H25F3N8O2. The number of anilines is 2. The highest BCUT2D eigenvalue weighted by Gasteiger charge is 2.36.